The third-order valence-corrected chi connectivity index (χ3v) is 3.87. The number of amides is 1. The zero-order valence-corrected chi connectivity index (χ0v) is 12.3. The molecule has 0 radical (unpaired) electrons. The molecule has 0 aliphatic heterocycles. The number of nitro groups is 1. The number of carbonyl (C=O) groups excluding carboxylic acids is 1. The first kappa shape index (κ1) is 15.5. The van der Waals surface area contributed by atoms with Gasteiger partial charge in [0.1, 0.15) is 5.02 Å². The number of hydrogen-bond donors (Lipinski definition) is 1. The highest BCUT2D eigenvalue weighted by molar-refractivity contribution is 6.32. The average Bonchev–Trinajstić information content (AvgIpc) is 2.47. The van der Waals surface area contributed by atoms with E-state index in [1.807, 2.05) is 0 Å². The van der Waals surface area contributed by atoms with Gasteiger partial charge in [0.15, 0.2) is 0 Å². The molecule has 1 aromatic carbocycles. The second kappa shape index (κ2) is 7.22. The number of carbonyl (C=O) groups is 1. The maximum absolute atomic E-state index is 11.8. The molecule has 21 heavy (non-hydrogen) atoms. The van der Waals surface area contributed by atoms with Crippen molar-refractivity contribution in [1.29, 1.82) is 0 Å². The molecule has 0 aromatic heterocycles. The van der Waals surface area contributed by atoms with Crippen molar-refractivity contribution in [1.82, 2.24) is 5.32 Å². The van der Waals surface area contributed by atoms with E-state index in [1.54, 1.807) is 12.1 Å². The zero-order chi connectivity index (χ0) is 15.2. The van der Waals surface area contributed by atoms with E-state index in [9.17, 15) is 14.9 Å². The van der Waals surface area contributed by atoms with Gasteiger partial charge >= 0.3 is 0 Å². The summed E-state index contributed by atoms with van der Waals surface area (Å²) in [5, 5.41) is 13.8. The molecule has 1 amide bonds. The standard InChI is InChI=1S/C15H17ClN2O3/c16-13-8-6-11(10-14(13)18(20)21)7-9-15(19)17-12-4-2-1-3-5-12/h6-10,12H,1-5H2,(H,17,19)/b9-7+. The van der Waals surface area contributed by atoms with E-state index in [4.69, 9.17) is 11.6 Å². The Balaban J connectivity index is 1.98. The van der Waals surface area contributed by atoms with Crippen LogP contribution in [0.25, 0.3) is 6.08 Å². The summed E-state index contributed by atoms with van der Waals surface area (Å²) in [6.07, 6.45) is 8.54. The Bertz CT molecular complexity index is 566. The van der Waals surface area contributed by atoms with Crippen LogP contribution in [0.5, 0.6) is 0 Å². The molecular weight excluding hydrogens is 292 g/mol. The molecule has 0 unspecified atom stereocenters. The molecule has 1 fully saturated rings. The molecule has 1 N–H and O–H groups in total. The predicted octanol–water partition coefficient (Wildman–Crippen LogP) is 3.71. The average molecular weight is 309 g/mol. The largest absolute Gasteiger partial charge is 0.350 e. The van der Waals surface area contributed by atoms with Gasteiger partial charge in [-0.05, 0) is 30.5 Å². The van der Waals surface area contributed by atoms with Crippen LogP contribution < -0.4 is 5.32 Å². The van der Waals surface area contributed by atoms with E-state index in [0.29, 0.717) is 5.56 Å². The summed E-state index contributed by atoms with van der Waals surface area (Å²) in [6.45, 7) is 0. The molecule has 1 aromatic rings. The normalized spacial score (nSPS) is 16.0. The van der Waals surface area contributed by atoms with Crippen molar-refractivity contribution in [3.05, 3.63) is 45.0 Å². The van der Waals surface area contributed by atoms with Crippen LogP contribution in [0.1, 0.15) is 37.7 Å². The van der Waals surface area contributed by atoms with Crippen molar-refractivity contribution in [2.75, 3.05) is 0 Å². The first-order valence-corrected chi connectivity index (χ1v) is 7.36. The van der Waals surface area contributed by atoms with E-state index in [-0.39, 0.29) is 22.7 Å². The van der Waals surface area contributed by atoms with Gasteiger partial charge in [-0.1, -0.05) is 36.9 Å². The smallest absolute Gasteiger partial charge is 0.288 e. The van der Waals surface area contributed by atoms with Crippen LogP contribution in [0.4, 0.5) is 5.69 Å². The Kier molecular flexibility index (Phi) is 5.33. The summed E-state index contributed by atoms with van der Waals surface area (Å²) in [4.78, 5) is 22.1. The number of halogens is 1. The Morgan fingerprint density at radius 1 is 1.33 bits per heavy atom. The first-order valence-electron chi connectivity index (χ1n) is 6.99. The second-order valence-electron chi connectivity index (χ2n) is 5.14. The van der Waals surface area contributed by atoms with E-state index in [0.717, 1.165) is 25.7 Å². The summed E-state index contributed by atoms with van der Waals surface area (Å²) in [5.74, 6) is -0.167. The fraction of sp³-hybridized carbons (Fsp3) is 0.400. The monoisotopic (exact) mass is 308 g/mol. The minimum absolute atomic E-state index is 0.0869. The quantitative estimate of drug-likeness (QED) is 0.523. The molecule has 0 spiro atoms. The molecule has 5 nitrogen and oxygen atoms in total. The fourth-order valence-electron chi connectivity index (χ4n) is 2.44. The van der Waals surface area contributed by atoms with Crippen LogP contribution >= 0.6 is 11.6 Å². The number of nitrogens with one attached hydrogen (secondary N) is 1. The SMILES string of the molecule is O=C(/C=C/c1ccc(Cl)c([N+](=O)[O-])c1)NC1CCCCC1. The van der Waals surface area contributed by atoms with Crippen LogP contribution in [-0.4, -0.2) is 16.9 Å². The molecule has 1 aliphatic rings. The van der Waals surface area contributed by atoms with Gasteiger partial charge in [0, 0.05) is 18.2 Å². The van der Waals surface area contributed by atoms with Gasteiger partial charge in [-0.2, -0.15) is 0 Å². The minimum atomic E-state index is -0.540. The van der Waals surface area contributed by atoms with Crippen molar-refractivity contribution in [3.8, 4) is 0 Å². The van der Waals surface area contributed by atoms with Gasteiger partial charge in [0.05, 0.1) is 4.92 Å². The number of benzene rings is 1. The molecule has 1 saturated carbocycles. The van der Waals surface area contributed by atoms with Crippen LogP contribution in [0.15, 0.2) is 24.3 Å². The highest BCUT2D eigenvalue weighted by Crippen LogP contribution is 2.25. The Labute approximate surface area is 128 Å². The second-order valence-corrected chi connectivity index (χ2v) is 5.55. The van der Waals surface area contributed by atoms with Gasteiger partial charge in [-0.15, -0.1) is 0 Å². The molecule has 0 saturated heterocycles. The van der Waals surface area contributed by atoms with Gasteiger partial charge in [0.25, 0.3) is 5.69 Å². The van der Waals surface area contributed by atoms with E-state index >= 15 is 0 Å². The lowest BCUT2D eigenvalue weighted by Gasteiger charge is -2.21. The van der Waals surface area contributed by atoms with Gasteiger partial charge in [0.2, 0.25) is 5.91 Å². The Morgan fingerprint density at radius 2 is 2.05 bits per heavy atom. The molecular formula is C15H17ClN2O3. The Morgan fingerprint density at radius 3 is 2.71 bits per heavy atom. The number of nitro benzene ring substituents is 1. The minimum Gasteiger partial charge on any atom is -0.350 e. The fourth-order valence-corrected chi connectivity index (χ4v) is 2.63. The Hall–Kier alpha value is -1.88. The van der Waals surface area contributed by atoms with Crippen molar-refractivity contribution < 1.29 is 9.72 Å². The zero-order valence-electron chi connectivity index (χ0n) is 11.5. The van der Waals surface area contributed by atoms with Gasteiger partial charge in [-0.3, -0.25) is 14.9 Å². The van der Waals surface area contributed by atoms with Gasteiger partial charge in [-0.25, -0.2) is 0 Å². The number of nitrogens with zero attached hydrogens (tertiary/aromatic N) is 1. The maximum Gasteiger partial charge on any atom is 0.288 e. The third kappa shape index (κ3) is 4.56. The molecule has 1 aliphatic carbocycles. The molecule has 0 bridgehead atoms. The summed E-state index contributed by atoms with van der Waals surface area (Å²) < 4.78 is 0. The van der Waals surface area contributed by atoms with Crippen LogP contribution in [-0.2, 0) is 4.79 Å². The van der Waals surface area contributed by atoms with Crippen molar-refractivity contribution in [2.24, 2.45) is 0 Å². The lowest BCUT2D eigenvalue weighted by Crippen LogP contribution is -2.34. The van der Waals surface area contributed by atoms with Crippen molar-refractivity contribution >= 4 is 29.3 Å². The summed E-state index contributed by atoms with van der Waals surface area (Å²) >= 11 is 5.74. The molecule has 2 rings (SSSR count). The number of rotatable bonds is 4. The van der Waals surface area contributed by atoms with Crippen molar-refractivity contribution in [3.63, 3.8) is 0 Å². The van der Waals surface area contributed by atoms with Crippen LogP contribution in [0, 0.1) is 10.1 Å². The van der Waals surface area contributed by atoms with E-state index in [1.165, 1.54) is 24.6 Å². The number of hydrogen-bond acceptors (Lipinski definition) is 3. The van der Waals surface area contributed by atoms with Gasteiger partial charge < -0.3 is 5.32 Å². The van der Waals surface area contributed by atoms with Crippen LogP contribution in [0.2, 0.25) is 5.02 Å². The summed E-state index contributed by atoms with van der Waals surface area (Å²) in [6, 6.07) is 4.70. The van der Waals surface area contributed by atoms with Crippen LogP contribution in [0.3, 0.4) is 0 Å². The predicted molar refractivity (Wildman–Crippen MR) is 82.2 cm³/mol. The summed E-state index contributed by atoms with van der Waals surface area (Å²) in [7, 11) is 0. The lowest BCUT2D eigenvalue weighted by atomic mass is 9.95. The summed E-state index contributed by atoms with van der Waals surface area (Å²) in [5.41, 5.74) is 0.413. The molecule has 0 atom stereocenters. The van der Waals surface area contributed by atoms with Crippen molar-refractivity contribution in [2.45, 2.75) is 38.1 Å². The van der Waals surface area contributed by atoms with E-state index in [2.05, 4.69) is 5.32 Å². The third-order valence-electron chi connectivity index (χ3n) is 3.55. The van der Waals surface area contributed by atoms with E-state index < -0.39 is 4.92 Å². The lowest BCUT2D eigenvalue weighted by molar-refractivity contribution is -0.384. The first-order chi connectivity index (χ1) is 10.1. The topological polar surface area (TPSA) is 72.2 Å². The molecule has 112 valence electrons. The highest BCUT2D eigenvalue weighted by atomic mass is 35.5. The molecule has 0 heterocycles. The maximum atomic E-state index is 11.8. The highest BCUT2D eigenvalue weighted by Gasteiger charge is 2.14. The molecule has 6 heteroatoms.